The minimum Gasteiger partial charge on any atom is -0.424 e. The van der Waals surface area contributed by atoms with Crippen LogP contribution in [0.5, 0.6) is 11.8 Å². The minimum absolute atomic E-state index is 0.170. The standard InChI is InChI=1S/C14H19N7O2/c1-20(2)12-16-13(21(3)4)18-14(17-12)23-10-7-5-9(6-8-10)11(22)19-15/h5-8H,15H2,1-4H3,(H,19,22). The molecule has 23 heavy (non-hydrogen) atoms. The Morgan fingerprint density at radius 1 is 1.00 bits per heavy atom. The number of nitrogens with zero attached hydrogens (tertiary/aromatic N) is 5. The molecule has 1 amide bonds. The van der Waals surface area contributed by atoms with E-state index in [1.165, 1.54) is 0 Å². The summed E-state index contributed by atoms with van der Waals surface area (Å²) in [5.41, 5.74) is 2.50. The van der Waals surface area contributed by atoms with E-state index < -0.39 is 0 Å². The smallest absolute Gasteiger partial charge is 0.328 e. The third-order valence-corrected chi connectivity index (χ3v) is 2.85. The number of nitrogen functional groups attached to an aromatic ring is 1. The predicted molar refractivity (Wildman–Crippen MR) is 86.7 cm³/mol. The van der Waals surface area contributed by atoms with Gasteiger partial charge in [0.1, 0.15) is 5.75 Å². The molecule has 2 aromatic rings. The zero-order valence-corrected chi connectivity index (χ0v) is 13.4. The number of benzene rings is 1. The molecule has 0 spiro atoms. The third kappa shape index (κ3) is 4.04. The van der Waals surface area contributed by atoms with Gasteiger partial charge in [0.15, 0.2) is 0 Å². The number of aromatic nitrogens is 3. The normalized spacial score (nSPS) is 10.1. The van der Waals surface area contributed by atoms with Gasteiger partial charge in [-0.2, -0.15) is 15.0 Å². The largest absolute Gasteiger partial charge is 0.424 e. The molecule has 9 heteroatoms. The molecule has 1 aromatic carbocycles. The maximum atomic E-state index is 11.4. The van der Waals surface area contributed by atoms with E-state index >= 15 is 0 Å². The fraction of sp³-hybridized carbons (Fsp3) is 0.286. The SMILES string of the molecule is CN(C)c1nc(Oc2ccc(C(=O)NN)cc2)nc(N(C)C)n1. The van der Waals surface area contributed by atoms with E-state index in [9.17, 15) is 4.79 Å². The number of rotatable bonds is 5. The molecule has 0 bridgehead atoms. The van der Waals surface area contributed by atoms with Crippen LogP contribution in [0.15, 0.2) is 24.3 Å². The van der Waals surface area contributed by atoms with Gasteiger partial charge in [0, 0.05) is 33.8 Å². The Balaban J connectivity index is 2.26. The number of nitrogens with two attached hydrogens (primary N) is 1. The van der Waals surface area contributed by atoms with Gasteiger partial charge >= 0.3 is 6.01 Å². The fourth-order valence-electron chi connectivity index (χ4n) is 1.64. The molecular formula is C14H19N7O2. The van der Waals surface area contributed by atoms with Gasteiger partial charge in [-0.25, -0.2) is 5.84 Å². The first-order valence-corrected chi connectivity index (χ1v) is 6.80. The van der Waals surface area contributed by atoms with Crippen molar-refractivity contribution in [2.24, 2.45) is 5.84 Å². The molecule has 0 atom stereocenters. The van der Waals surface area contributed by atoms with E-state index in [2.05, 4.69) is 20.4 Å². The molecule has 9 nitrogen and oxygen atoms in total. The summed E-state index contributed by atoms with van der Waals surface area (Å²) in [4.78, 5) is 27.7. The highest BCUT2D eigenvalue weighted by Crippen LogP contribution is 2.21. The Hall–Kier alpha value is -2.94. The highest BCUT2D eigenvalue weighted by molar-refractivity contribution is 5.93. The van der Waals surface area contributed by atoms with Gasteiger partial charge in [-0.3, -0.25) is 10.2 Å². The van der Waals surface area contributed by atoms with Crippen LogP contribution in [-0.2, 0) is 0 Å². The quantitative estimate of drug-likeness (QED) is 0.463. The summed E-state index contributed by atoms with van der Waals surface area (Å²) >= 11 is 0. The number of carbonyl (C=O) groups excluding carboxylic acids is 1. The van der Waals surface area contributed by atoms with Crippen molar-refractivity contribution >= 4 is 17.8 Å². The van der Waals surface area contributed by atoms with Crippen LogP contribution in [0.1, 0.15) is 10.4 Å². The summed E-state index contributed by atoms with van der Waals surface area (Å²) in [7, 11) is 7.33. The first-order chi connectivity index (χ1) is 10.9. The topological polar surface area (TPSA) is 110 Å². The second-order valence-corrected chi connectivity index (χ2v) is 5.11. The van der Waals surface area contributed by atoms with Crippen molar-refractivity contribution in [3.63, 3.8) is 0 Å². The van der Waals surface area contributed by atoms with Gasteiger partial charge in [0.25, 0.3) is 5.91 Å². The van der Waals surface area contributed by atoms with Crippen molar-refractivity contribution in [2.75, 3.05) is 38.0 Å². The summed E-state index contributed by atoms with van der Waals surface area (Å²) in [6, 6.07) is 6.64. The zero-order valence-electron chi connectivity index (χ0n) is 13.4. The van der Waals surface area contributed by atoms with Gasteiger partial charge in [0.05, 0.1) is 0 Å². The van der Waals surface area contributed by atoms with Crippen molar-refractivity contribution in [1.82, 2.24) is 20.4 Å². The Morgan fingerprint density at radius 3 is 1.96 bits per heavy atom. The van der Waals surface area contributed by atoms with Gasteiger partial charge in [0.2, 0.25) is 11.9 Å². The highest BCUT2D eigenvalue weighted by atomic mass is 16.5. The van der Waals surface area contributed by atoms with E-state index in [-0.39, 0.29) is 11.9 Å². The first-order valence-electron chi connectivity index (χ1n) is 6.80. The van der Waals surface area contributed by atoms with Crippen LogP contribution < -0.4 is 25.8 Å². The van der Waals surface area contributed by atoms with E-state index in [0.29, 0.717) is 23.2 Å². The lowest BCUT2D eigenvalue weighted by Gasteiger charge is -2.16. The lowest BCUT2D eigenvalue weighted by molar-refractivity contribution is 0.0953. The van der Waals surface area contributed by atoms with Gasteiger partial charge in [-0.05, 0) is 24.3 Å². The van der Waals surface area contributed by atoms with Crippen molar-refractivity contribution in [2.45, 2.75) is 0 Å². The van der Waals surface area contributed by atoms with Crippen LogP contribution in [0.3, 0.4) is 0 Å². The molecule has 0 saturated carbocycles. The van der Waals surface area contributed by atoms with Crippen LogP contribution in [0, 0.1) is 0 Å². The summed E-state index contributed by atoms with van der Waals surface area (Å²) in [5.74, 6) is 6.18. The molecule has 122 valence electrons. The van der Waals surface area contributed by atoms with Gasteiger partial charge in [-0.15, -0.1) is 0 Å². The van der Waals surface area contributed by atoms with E-state index in [4.69, 9.17) is 10.6 Å². The van der Waals surface area contributed by atoms with Crippen LogP contribution in [0.25, 0.3) is 0 Å². The van der Waals surface area contributed by atoms with Crippen molar-refractivity contribution in [3.8, 4) is 11.8 Å². The van der Waals surface area contributed by atoms with Crippen LogP contribution in [0.2, 0.25) is 0 Å². The van der Waals surface area contributed by atoms with Crippen molar-refractivity contribution < 1.29 is 9.53 Å². The average Bonchev–Trinajstić information content (AvgIpc) is 2.54. The Morgan fingerprint density at radius 2 is 1.52 bits per heavy atom. The first kappa shape index (κ1) is 16.4. The maximum absolute atomic E-state index is 11.4. The van der Waals surface area contributed by atoms with Gasteiger partial charge < -0.3 is 14.5 Å². The Labute approximate surface area is 134 Å². The van der Waals surface area contributed by atoms with E-state index in [1.54, 1.807) is 34.1 Å². The molecular weight excluding hydrogens is 298 g/mol. The van der Waals surface area contributed by atoms with Crippen molar-refractivity contribution in [1.29, 1.82) is 0 Å². The second-order valence-electron chi connectivity index (χ2n) is 5.11. The summed E-state index contributed by atoms with van der Waals surface area (Å²) < 4.78 is 5.65. The Kier molecular flexibility index (Phi) is 4.91. The number of anilines is 2. The number of hydrogen-bond donors (Lipinski definition) is 2. The number of hydrazine groups is 1. The molecule has 0 fully saturated rings. The molecule has 0 saturated heterocycles. The number of nitrogens with one attached hydrogen (secondary N) is 1. The molecule has 1 aromatic heterocycles. The lowest BCUT2D eigenvalue weighted by atomic mass is 10.2. The minimum atomic E-state index is -0.374. The zero-order chi connectivity index (χ0) is 17.0. The van der Waals surface area contributed by atoms with E-state index in [1.807, 2.05) is 28.2 Å². The fourth-order valence-corrected chi connectivity index (χ4v) is 1.64. The maximum Gasteiger partial charge on any atom is 0.328 e. The lowest BCUT2D eigenvalue weighted by Crippen LogP contribution is -2.29. The van der Waals surface area contributed by atoms with Crippen LogP contribution in [-0.4, -0.2) is 49.0 Å². The van der Waals surface area contributed by atoms with Crippen LogP contribution in [0.4, 0.5) is 11.9 Å². The molecule has 0 aliphatic carbocycles. The van der Waals surface area contributed by atoms with Crippen molar-refractivity contribution in [3.05, 3.63) is 29.8 Å². The molecule has 3 N–H and O–H groups in total. The monoisotopic (exact) mass is 317 g/mol. The second kappa shape index (κ2) is 6.88. The molecule has 0 radical (unpaired) electrons. The summed E-state index contributed by atoms with van der Waals surface area (Å²) in [6.07, 6.45) is 0. The number of amides is 1. The highest BCUT2D eigenvalue weighted by Gasteiger charge is 2.12. The third-order valence-electron chi connectivity index (χ3n) is 2.85. The predicted octanol–water partition coefficient (Wildman–Crippen LogP) is 0.399. The molecule has 0 aliphatic rings. The number of hydrogen-bond acceptors (Lipinski definition) is 8. The van der Waals surface area contributed by atoms with Gasteiger partial charge in [-0.1, -0.05) is 0 Å². The summed E-state index contributed by atoms with van der Waals surface area (Å²) in [6.45, 7) is 0. The molecule has 0 aliphatic heterocycles. The number of ether oxygens (including phenoxy) is 1. The molecule has 2 rings (SSSR count). The van der Waals surface area contributed by atoms with Crippen LogP contribution >= 0.6 is 0 Å². The van der Waals surface area contributed by atoms with E-state index in [0.717, 1.165) is 0 Å². The molecule has 1 heterocycles. The average molecular weight is 317 g/mol. The summed E-state index contributed by atoms with van der Waals surface area (Å²) in [5, 5.41) is 0. The molecule has 0 unspecified atom stereocenters. The Bertz CT molecular complexity index is 660. The number of carbonyl (C=O) groups is 1.